The molecule has 0 saturated heterocycles. The minimum Gasteiger partial charge on any atom is -0.480 e. The van der Waals surface area contributed by atoms with E-state index in [1.165, 1.54) is 0 Å². The molecule has 0 aliphatic carbocycles. The molecule has 0 aliphatic heterocycles. The van der Waals surface area contributed by atoms with Crippen molar-refractivity contribution < 1.29 is 14.1 Å². The number of aromatic nitrogens is 1. The Balaban J connectivity index is 1.92. The van der Waals surface area contributed by atoms with Crippen molar-refractivity contribution in [2.45, 2.75) is 0 Å². The van der Waals surface area contributed by atoms with E-state index in [9.17, 15) is 4.79 Å². The molecule has 0 saturated carbocycles. The molecule has 21 heavy (non-hydrogen) atoms. The molecule has 5 nitrogen and oxygen atoms in total. The van der Waals surface area contributed by atoms with E-state index in [1.54, 1.807) is 36.5 Å². The molecule has 1 aromatic heterocycles. The van der Waals surface area contributed by atoms with Gasteiger partial charge in [-0.1, -0.05) is 0 Å². The lowest BCUT2D eigenvalue weighted by atomic mass is 10.1. The average molecular weight is 300 g/mol. The van der Waals surface area contributed by atoms with Crippen molar-refractivity contribution in [1.82, 2.24) is 4.98 Å². The number of aromatic amines is 1. The molecule has 0 bridgehead atoms. The second-order valence-corrected chi connectivity index (χ2v) is 4.70. The van der Waals surface area contributed by atoms with Gasteiger partial charge in [-0.3, -0.25) is 4.79 Å². The van der Waals surface area contributed by atoms with Crippen molar-refractivity contribution >= 4 is 26.3 Å². The van der Waals surface area contributed by atoms with Gasteiger partial charge in [0.1, 0.15) is 17.2 Å². The van der Waals surface area contributed by atoms with Crippen LogP contribution in [0.2, 0.25) is 0 Å². The number of nitrogens with one attached hydrogen (secondary N) is 1. The highest BCUT2D eigenvalue weighted by Crippen LogP contribution is 2.28. The molecular formula is C15H13N2O3P. The fourth-order valence-corrected chi connectivity index (χ4v) is 2.25. The number of fused-ring (bicyclic) bond motifs is 1. The van der Waals surface area contributed by atoms with E-state index in [1.807, 2.05) is 12.1 Å². The average Bonchev–Trinajstić information content (AvgIpc) is 2.91. The molecule has 0 spiro atoms. The first-order valence-corrected chi connectivity index (χ1v) is 6.70. The van der Waals surface area contributed by atoms with Crippen molar-refractivity contribution in [2.75, 3.05) is 0 Å². The van der Waals surface area contributed by atoms with Crippen molar-refractivity contribution in [3.05, 3.63) is 54.2 Å². The van der Waals surface area contributed by atoms with E-state index in [4.69, 9.17) is 15.0 Å². The van der Waals surface area contributed by atoms with Crippen LogP contribution in [0.1, 0.15) is 10.4 Å². The van der Waals surface area contributed by atoms with Crippen LogP contribution in [-0.4, -0.2) is 10.9 Å². The number of primary amides is 1. The van der Waals surface area contributed by atoms with Crippen LogP contribution < -0.4 is 15.0 Å². The van der Waals surface area contributed by atoms with Crippen LogP contribution in [0.4, 0.5) is 0 Å². The summed E-state index contributed by atoms with van der Waals surface area (Å²) in [5.74, 6) is 1.56. The van der Waals surface area contributed by atoms with Gasteiger partial charge in [0, 0.05) is 17.1 Å². The summed E-state index contributed by atoms with van der Waals surface area (Å²) in [6.07, 6.45) is 1.60. The van der Waals surface area contributed by atoms with E-state index in [2.05, 4.69) is 14.5 Å². The maximum atomic E-state index is 11.4. The zero-order valence-electron chi connectivity index (χ0n) is 11.0. The number of rotatable bonds is 4. The topological polar surface area (TPSA) is 77.3 Å². The van der Waals surface area contributed by atoms with E-state index < -0.39 is 5.91 Å². The molecule has 1 amide bonds. The summed E-state index contributed by atoms with van der Waals surface area (Å²) < 4.78 is 10.8. The summed E-state index contributed by atoms with van der Waals surface area (Å²) in [6, 6.07) is 12.6. The lowest BCUT2D eigenvalue weighted by Crippen LogP contribution is -2.09. The smallest absolute Gasteiger partial charge is 0.250 e. The molecule has 106 valence electrons. The Morgan fingerprint density at radius 1 is 1.05 bits per heavy atom. The number of carbonyl (C=O) groups is 1. The molecule has 1 atom stereocenters. The number of amides is 1. The predicted octanol–water partition coefficient (Wildman–Crippen LogP) is 3.23. The maximum Gasteiger partial charge on any atom is 0.250 e. The first-order chi connectivity index (χ1) is 10.2. The largest absolute Gasteiger partial charge is 0.480 e. The SMILES string of the molecule is NC(=O)c1c[nH]c2ccc(Oc3ccc(OP)cc3)cc12. The Labute approximate surface area is 123 Å². The van der Waals surface area contributed by atoms with Crippen LogP contribution in [-0.2, 0) is 0 Å². The summed E-state index contributed by atoms with van der Waals surface area (Å²) in [7, 11) is 2.19. The molecule has 0 radical (unpaired) electrons. The highest BCUT2D eigenvalue weighted by molar-refractivity contribution is 7.10. The minimum absolute atomic E-state index is 0.446. The van der Waals surface area contributed by atoms with Gasteiger partial charge in [-0.05, 0) is 42.5 Å². The highest BCUT2D eigenvalue weighted by Gasteiger charge is 2.10. The van der Waals surface area contributed by atoms with Crippen LogP contribution in [0.3, 0.4) is 0 Å². The van der Waals surface area contributed by atoms with Gasteiger partial charge < -0.3 is 20.0 Å². The van der Waals surface area contributed by atoms with Crippen LogP contribution in [0.5, 0.6) is 17.2 Å². The van der Waals surface area contributed by atoms with E-state index in [0.717, 1.165) is 16.7 Å². The number of carbonyl (C=O) groups excluding carboxylic acids is 1. The molecular weight excluding hydrogens is 287 g/mol. The van der Waals surface area contributed by atoms with Gasteiger partial charge in [-0.25, -0.2) is 0 Å². The van der Waals surface area contributed by atoms with Crippen LogP contribution in [0.25, 0.3) is 10.9 Å². The third-order valence-corrected chi connectivity index (χ3v) is 3.39. The molecule has 1 heterocycles. The monoisotopic (exact) mass is 300 g/mol. The number of hydrogen-bond acceptors (Lipinski definition) is 3. The third kappa shape index (κ3) is 2.69. The number of H-pyrrole nitrogens is 1. The number of ether oxygens (including phenoxy) is 1. The Bertz CT molecular complexity index is 796. The lowest BCUT2D eigenvalue weighted by Gasteiger charge is -2.07. The summed E-state index contributed by atoms with van der Waals surface area (Å²) in [6.45, 7) is 0. The van der Waals surface area contributed by atoms with Gasteiger partial charge in [-0.2, -0.15) is 0 Å². The van der Waals surface area contributed by atoms with Gasteiger partial charge in [0.05, 0.1) is 15.0 Å². The van der Waals surface area contributed by atoms with Gasteiger partial charge in [-0.15, -0.1) is 0 Å². The van der Waals surface area contributed by atoms with E-state index in [0.29, 0.717) is 17.1 Å². The van der Waals surface area contributed by atoms with E-state index >= 15 is 0 Å². The van der Waals surface area contributed by atoms with Gasteiger partial charge >= 0.3 is 0 Å². The van der Waals surface area contributed by atoms with E-state index in [-0.39, 0.29) is 0 Å². The number of hydrogen-bond donors (Lipinski definition) is 2. The zero-order valence-corrected chi connectivity index (χ0v) is 12.2. The molecule has 0 fully saturated rings. The van der Waals surface area contributed by atoms with Gasteiger partial charge in [0.2, 0.25) is 0 Å². The quantitative estimate of drug-likeness (QED) is 0.726. The Morgan fingerprint density at radius 2 is 1.71 bits per heavy atom. The Kier molecular flexibility index (Phi) is 3.50. The van der Waals surface area contributed by atoms with Gasteiger partial charge in [0.25, 0.3) is 5.91 Å². The Hall–Kier alpha value is -2.52. The molecule has 0 aliphatic rings. The summed E-state index contributed by atoms with van der Waals surface area (Å²) in [5, 5.41) is 0.741. The molecule has 1 unspecified atom stereocenters. The van der Waals surface area contributed by atoms with Crippen molar-refractivity contribution in [3.8, 4) is 17.2 Å². The third-order valence-electron chi connectivity index (χ3n) is 3.11. The zero-order chi connectivity index (χ0) is 14.8. The molecule has 2 aromatic carbocycles. The fraction of sp³-hybridized carbons (Fsp3) is 0. The summed E-state index contributed by atoms with van der Waals surface area (Å²) >= 11 is 0. The molecule has 3 rings (SSSR count). The van der Waals surface area contributed by atoms with Crippen molar-refractivity contribution in [1.29, 1.82) is 0 Å². The highest BCUT2D eigenvalue weighted by atomic mass is 31.0. The number of nitrogens with two attached hydrogens (primary N) is 1. The lowest BCUT2D eigenvalue weighted by molar-refractivity contribution is 0.100. The van der Waals surface area contributed by atoms with Crippen molar-refractivity contribution in [2.24, 2.45) is 5.73 Å². The van der Waals surface area contributed by atoms with Crippen LogP contribution in [0.15, 0.2) is 48.7 Å². The standard InChI is InChI=1S/C15H13N2O3P/c16-15(18)13-8-17-14-6-5-11(7-12(13)14)19-9-1-3-10(20-21)4-2-9/h1-8,17H,21H2,(H2,16,18). The molecule has 3 aromatic rings. The predicted molar refractivity (Wildman–Crippen MR) is 83.7 cm³/mol. The Morgan fingerprint density at radius 3 is 2.38 bits per heavy atom. The first-order valence-electron chi connectivity index (χ1n) is 6.23. The van der Waals surface area contributed by atoms with Crippen LogP contribution in [0, 0.1) is 0 Å². The van der Waals surface area contributed by atoms with Gasteiger partial charge in [0.15, 0.2) is 0 Å². The fourth-order valence-electron chi connectivity index (χ4n) is 2.09. The summed E-state index contributed by atoms with van der Waals surface area (Å²) in [5.41, 5.74) is 6.63. The summed E-state index contributed by atoms with van der Waals surface area (Å²) in [4.78, 5) is 14.4. The van der Waals surface area contributed by atoms with Crippen LogP contribution >= 0.6 is 9.47 Å². The number of benzene rings is 2. The molecule has 3 N–H and O–H groups in total. The normalized spacial score (nSPS) is 10.5. The molecule has 6 heteroatoms. The minimum atomic E-state index is -0.472. The van der Waals surface area contributed by atoms with Crippen molar-refractivity contribution in [3.63, 3.8) is 0 Å². The second kappa shape index (κ2) is 5.46. The maximum absolute atomic E-state index is 11.4. The second-order valence-electron chi connectivity index (χ2n) is 4.47. The first kappa shape index (κ1) is 13.5.